The number of nitrogens with zero attached hydrogens (tertiary/aromatic N) is 2. The number of benzene rings is 2. The smallest absolute Gasteiger partial charge is 0.288 e. The van der Waals surface area contributed by atoms with E-state index in [9.17, 15) is 20.2 Å². The van der Waals surface area contributed by atoms with Gasteiger partial charge < -0.3 is 4.74 Å². The maximum Gasteiger partial charge on any atom is 0.288 e. The predicted molar refractivity (Wildman–Crippen MR) is 75.5 cm³/mol. The third-order valence-electron chi connectivity index (χ3n) is 2.64. The normalized spacial score (nSPS) is 10.1. The van der Waals surface area contributed by atoms with Crippen molar-refractivity contribution in [2.24, 2.45) is 0 Å². The fourth-order valence-corrected chi connectivity index (χ4v) is 1.83. The molecule has 0 atom stereocenters. The molecule has 8 heteroatoms. The van der Waals surface area contributed by atoms with Crippen LogP contribution in [0.2, 0.25) is 5.02 Å². The fraction of sp³-hybridized carbons (Fsp3) is 0.0769. The summed E-state index contributed by atoms with van der Waals surface area (Å²) in [6.45, 7) is 0.0408. The van der Waals surface area contributed by atoms with Crippen LogP contribution in [0, 0.1) is 20.2 Å². The van der Waals surface area contributed by atoms with Crippen molar-refractivity contribution in [3.8, 4) is 5.75 Å². The van der Waals surface area contributed by atoms with Gasteiger partial charge >= 0.3 is 0 Å². The number of halogens is 1. The SMILES string of the molecule is O=[N+]([O-])c1cccc(OCc2ccc(Cl)c([N+](=O)[O-])c2)c1. The third-order valence-corrected chi connectivity index (χ3v) is 2.96. The number of hydrogen-bond donors (Lipinski definition) is 0. The van der Waals surface area contributed by atoms with E-state index < -0.39 is 9.85 Å². The van der Waals surface area contributed by atoms with E-state index in [1.54, 1.807) is 12.1 Å². The van der Waals surface area contributed by atoms with Crippen LogP contribution in [0.1, 0.15) is 5.56 Å². The second-order valence-corrected chi connectivity index (χ2v) is 4.49. The van der Waals surface area contributed by atoms with Gasteiger partial charge in [-0.25, -0.2) is 0 Å². The number of ether oxygens (including phenoxy) is 1. The van der Waals surface area contributed by atoms with Gasteiger partial charge in [0.05, 0.1) is 15.9 Å². The highest BCUT2D eigenvalue weighted by atomic mass is 35.5. The van der Waals surface area contributed by atoms with Crippen LogP contribution >= 0.6 is 11.6 Å². The molecule has 2 rings (SSSR count). The zero-order valence-electron chi connectivity index (χ0n) is 10.6. The van der Waals surface area contributed by atoms with Crippen LogP contribution in [0.3, 0.4) is 0 Å². The topological polar surface area (TPSA) is 95.5 Å². The van der Waals surface area contributed by atoms with E-state index in [2.05, 4.69) is 0 Å². The summed E-state index contributed by atoms with van der Waals surface area (Å²) >= 11 is 5.71. The van der Waals surface area contributed by atoms with Crippen molar-refractivity contribution >= 4 is 23.0 Å². The second kappa shape index (κ2) is 6.19. The average molecular weight is 309 g/mol. The molecule has 0 heterocycles. The van der Waals surface area contributed by atoms with Crippen LogP contribution in [-0.4, -0.2) is 9.85 Å². The summed E-state index contributed by atoms with van der Waals surface area (Å²) in [7, 11) is 0. The van der Waals surface area contributed by atoms with E-state index in [0.717, 1.165) is 0 Å². The molecule has 21 heavy (non-hydrogen) atoms. The highest BCUT2D eigenvalue weighted by Crippen LogP contribution is 2.26. The third kappa shape index (κ3) is 3.67. The first kappa shape index (κ1) is 14.7. The molecular weight excluding hydrogens is 300 g/mol. The maximum atomic E-state index is 10.8. The number of non-ortho nitro benzene ring substituents is 1. The van der Waals surface area contributed by atoms with E-state index in [1.807, 2.05) is 0 Å². The van der Waals surface area contributed by atoms with Crippen LogP contribution in [0.15, 0.2) is 42.5 Å². The molecule has 2 aromatic rings. The van der Waals surface area contributed by atoms with Crippen molar-refractivity contribution < 1.29 is 14.6 Å². The molecule has 2 aromatic carbocycles. The molecule has 0 aliphatic rings. The Balaban J connectivity index is 2.13. The summed E-state index contributed by atoms with van der Waals surface area (Å²) < 4.78 is 5.39. The van der Waals surface area contributed by atoms with Gasteiger partial charge in [0.25, 0.3) is 11.4 Å². The van der Waals surface area contributed by atoms with Gasteiger partial charge in [0.1, 0.15) is 17.4 Å². The molecule has 0 saturated carbocycles. The van der Waals surface area contributed by atoms with Crippen molar-refractivity contribution in [3.05, 3.63) is 73.3 Å². The monoisotopic (exact) mass is 308 g/mol. The lowest BCUT2D eigenvalue weighted by Crippen LogP contribution is -1.98. The molecule has 0 spiro atoms. The zero-order chi connectivity index (χ0) is 15.4. The van der Waals surface area contributed by atoms with Gasteiger partial charge in [0.2, 0.25) is 0 Å². The Morgan fingerprint density at radius 2 is 1.81 bits per heavy atom. The number of hydrogen-bond acceptors (Lipinski definition) is 5. The largest absolute Gasteiger partial charge is 0.489 e. The van der Waals surface area contributed by atoms with Gasteiger partial charge in [-0.3, -0.25) is 20.2 Å². The zero-order valence-corrected chi connectivity index (χ0v) is 11.3. The van der Waals surface area contributed by atoms with Crippen molar-refractivity contribution in [3.63, 3.8) is 0 Å². The van der Waals surface area contributed by atoms with Gasteiger partial charge in [0.15, 0.2) is 0 Å². The molecule has 0 amide bonds. The standard InChI is InChI=1S/C13H9ClN2O5/c14-12-5-4-9(6-13(12)16(19)20)8-21-11-3-1-2-10(7-11)15(17)18/h1-7H,8H2. The Bertz CT molecular complexity index is 705. The van der Waals surface area contributed by atoms with Crippen LogP contribution in [0.25, 0.3) is 0 Å². The van der Waals surface area contributed by atoms with Crippen molar-refractivity contribution in [2.75, 3.05) is 0 Å². The highest BCUT2D eigenvalue weighted by molar-refractivity contribution is 6.32. The second-order valence-electron chi connectivity index (χ2n) is 4.09. The quantitative estimate of drug-likeness (QED) is 0.619. The molecule has 0 saturated heterocycles. The maximum absolute atomic E-state index is 10.8. The van der Waals surface area contributed by atoms with E-state index in [4.69, 9.17) is 16.3 Å². The lowest BCUT2D eigenvalue weighted by atomic mass is 10.2. The van der Waals surface area contributed by atoms with Crippen LogP contribution in [0.4, 0.5) is 11.4 Å². The lowest BCUT2D eigenvalue weighted by Gasteiger charge is -2.06. The summed E-state index contributed by atoms with van der Waals surface area (Å²) in [6.07, 6.45) is 0. The van der Waals surface area contributed by atoms with E-state index in [0.29, 0.717) is 11.3 Å². The molecule has 108 valence electrons. The van der Waals surface area contributed by atoms with Gasteiger partial charge in [-0.1, -0.05) is 23.7 Å². The highest BCUT2D eigenvalue weighted by Gasteiger charge is 2.13. The van der Waals surface area contributed by atoms with Crippen LogP contribution < -0.4 is 4.74 Å². The van der Waals surface area contributed by atoms with Crippen molar-refractivity contribution in [1.29, 1.82) is 0 Å². The first-order chi connectivity index (χ1) is 9.97. The summed E-state index contributed by atoms with van der Waals surface area (Å²) in [5.41, 5.74) is 0.240. The van der Waals surface area contributed by atoms with Gasteiger partial charge in [-0.05, 0) is 17.7 Å². The molecule has 7 nitrogen and oxygen atoms in total. The summed E-state index contributed by atoms with van der Waals surface area (Å²) in [6, 6.07) is 10.00. The average Bonchev–Trinajstić information content (AvgIpc) is 2.46. The van der Waals surface area contributed by atoms with Crippen molar-refractivity contribution in [1.82, 2.24) is 0 Å². The molecule has 0 aromatic heterocycles. The van der Waals surface area contributed by atoms with E-state index in [1.165, 1.54) is 30.3 Å². The number of nitro groups is 2. The minimum Gasteiger partial charge on any atom is -0.489 e. The summed E-state index contributed by atoms with van der Waals surface area (Å²) in [5, 5.41) is 21.5. The Morgan fingerprint density at radius 1 is 1.05 bits per heavy atom. The first-order valence-corrected chi connectivity index (χ1v) is 6.15. The predicted octanol–water partition coefficient (Wildman–Crippen LogP) is 3.74. The molecule has 0 aliphatic carbocycles. The molecule has 0 bridgehead atoms. The van der Waals surface area contributed by atoms with Gasteiger partial charge in [0, 0.05) is 12.1 Å². The molecule has 0 unspecified atom stereocenters. The van der Waals surface area contributed by atoms with Crippen molar-refractivity contribution in [2.45, 2.75) is 6.61 Å². The number of nitro benzene ring substituents is 2. The Kier molecular flexibility index (Phi) is 4.34. The Hall–Kier alpha value is -2.67. The molecule has 0 aliphatic heterocycles. The fourth-order valence-electron chi connectivity index (χ4n) is 1.64. The number of rotatable bonds is 5. The van der Waals surface area contributed by atoms with E-state index >= 15 is 0 Å². The minimum absolute atomic E-state index is 0.0408. The summed E-state index contributed by atoms with van der Waals surface area (Å²) in [4.78, 5) is 20.3. The van der Waals surface area contributed by atoms with Gasteiger partial charge in [-0.2, -0.15) is 0 Å². The first-order valence-electron chi connectivity index (χ1n) is 5.77. The van der Waals surface area contributed by atoms with Crippen LogP contribution in [0.5, 0.6) is 5.75 Å². The van der Waals surface area contributed by atoms with Crippen LogP contribution in [-0.2, 0) is 6.61 Å². The molecule has 0 fully saturated rings. The lowest BCUT2D eigenvalue weighted by molar-refractivity contribution is -0.385. The Labute approximate surface area is 124 Å². The summed E-state index contributed by atoms with van der Waals surface area (Å²) in [5.74, 6) is 0.307. The van der Waals surface area contributed by atoms with E-state index in [-0.39, 0.29) is 23.0 Å². The minimum atomic E-state index is -0.584. The molecule has 0 N–H and O–H groups in total. The molecule has 0 radical (unpaired) electrons. The van der Waals surface area contributed by atoms with Gasteiger partial charge in [-0.15, -0.1) is 0 Å². The molecular formula is C13H9ClN2O5. The Morgan fingerprint density at radius 3 is 2.48 bits per heavy atom.